The van der Waals surface area contributed by atoms with Gasteiger partial charge in [0.25, 0.3) is 5.91 Å². The first-order valence-electron chi connectivity index (χ1n) is 9.63. The van der Waals surface area contributed by atoms with E-state index in [0.717, 1.165) is 34.5 Å². The normalized spacial score (nSPS) is 13.3. The summed E-state index contributed by atoms with van der Waals surface area (Å²) in [5.74, 6) is 0.144. The first-order chi connectivity index (χ1) is 14.2. The van der Waals surface area contributed by atoms with E-state index >= 15 is 0 Å². The molecule has 0 aliphatic carbocycles. The average Bonchev–Trinajstić information content (AvgIpc) is 3.40. The molecule has 6 heteroatoms. The molecule has 1 amide bonds. The van der Waals surface area contributed by atoms with Crippen molar-refractivity contribution < 1.29 is 9.32 Å². The second-order valence-corrected chi connectivity index (χ2v) is 7.28. The Kier molecular flexibility index (Phi) is 4.24. The Bertz CT molecular complexity index is 1160. The molecule has 29 heavy (non-hydrogen) atoms. The molecule has 6 nitrogen and oxygen atoms in total. The lowest BCUT2D eigenvalue weighted by Gasteiger charge is -2.26. The Morgan fingerprint density at radius 2 is 1.76 bits per heavy atom. The van der Waals surface area contributed by atoms with Crippen LogP contribution in [0, 0.1) is 6.92 Å². The van der Waals surface area contributed by atoms with E-state index in [1.165, 1.54) is 5.56 Å². The molecule has 0 fully saturated rings. The van der Waals surface area contributed by atoms with Crippen LogP contribution in [0.2, 0.25) is 0 Å². The molecule has 5 rings (SSSR count). The zero-order valence-corrected chi connectivity index (χ0v) is 16.1. The molecular formula is C23H20N4O2. The minimum atomic E-state index is -0.136. The van der Waals surface area contributed by atoms with Crippen molar-refractivity contribution in [2.75, 3.05) is 6.54 Å². The van der Waals surface area contributed by atoms with Crippen molar-refractivity contribution in [1.29, 1.82) is 0 Å². The maximum absolute atomic E-state index is 12.8. The van der Waals surface area contributed by atoms with Crippen molar-refractivity contribution in [2.45, 2.75) is 19.9 Å². The van der Waals surface area contributed by atoms with Crippen molar-refractivity contribution in [3.8, 4) is 22.4 Å². The standard InChI is InChI=1S/C23H20N4O2/c1-15-13-21(29-26-15)23(28)27-12-11-20-19(14-27)22(25-24-20)18-9-7-17(8-10-18)16-5-3-2-4-6-16/h2-10,13H,11-12,14H2,1H3,(H,24,25). The molecule has 0 unspecified atom stereocenters. The number of aromatic nitrogens is 3. The number of aromatic amines is 1. The first-order valence-corrected chi connectivity index (χ1v) is 9.63. The molecule has 0 saturated heterocycles. The highest BCUT2D eigenvalue weighted by molar-refractivity contribution is 5.91. The van der Waals surface area contributed by atoms with Crippen molar-refractivity contribution >= 4 is 5.91 Å². The van der Waals surface area contributed by atoms with E-state index in [9.17, 15) is 4.79 Å². The van der Waals surface area contributed by atoms with Gasteiger partial charge in [-0.3, -0.25) is 9.89 Å². The van der Waals surface area contributed by atoms with Crippen LogP contribution in [0.25, 0.3) is 22.4 Å². The molecular weight excluding hydrogens is 364 g/mol. The predicted molar refractivity (Wildman–Crippen MR) is 109 cm³/mol. The summed E-state index contributed by atoms with van der Waals surface area (Å²) in [6, 6.07) is 20.3. The summed E-state index contributed by atoms with van der Waals surface area (Å²) in [6.45, 7) is 2.93. The number of hydrogen-bond donors (Lipinski definition) is 1. The number of rotatable bonds is 3. The van der Waals surface area contributed by atoms with Gasteiger partial charge in [-0.15, -0.1) is 0 Å². The SMILES string of the molecule is Cc1cc(C(=O)N2CCc3[nH]nc(-c4ccc(-c5ccccc5)cc4)c3C2)on1. The third-order valence-corrected chi connectivity index (χ3v) is 5.32. The lowest BCUT2D eigenvalue weighted by atomic mass is 9.98. The van der Waals surface area contributed by atoms with Crippen LogP contribution in [-0.4, -0.2) is 32.7 Å². The molecule has 1 N–H and O–H groups in total. The zero-order valence-electron chi connectivity index (χ0n) is 16.1. The Morgan fingerprint density at radius 1 is 1.03 bits per heavy atom. The Balaban J connectivity index is 1.41. The largest absolute Gasteiger partial charge is 0.351 e. The number of H-pyrrole nitrogens is 1. The molecule has 1 aliphatic heterocycles. The van der Waals surface area contributed by atoms with Crippen LogP contribution in [0.1, 0.15) is 27.5 Å². The zero-order chi connectivity index (χ0) is 19.8. The van der Waals surface area contributed by atoms with Crippen molar-refractivity contribution in [3.05, 3.63) is 83.4 Å². The topological polar surface area (TPSA) is 75.0 Å². The van der Waals surface area contributed by atoms with Crippen molar-refractivity contribution in [1.82, 2.24) is 20.3 Å². The van der Waals surface area contributed by atoms with E-state index in [2.05, 4.69) is 51.8 Å². The number of benzene rings is 2. The monoisotopic (exact) mass is 384 g/mol. The number of carbonyl (C=O) groups is 1. The van der Waals surface area contributed by atoms with E-state index < -0.39 is 0 Å². The minimum Gasteiger partial charge on any atom is -0.351 e. The number of nitrogens with one attached hydrogen (secondary N) is 1. The van der Waals surface area contributed by atoms with Gasteiger partial charge in [0.1, 0.15) is 0 Å². The summed E-state index contributed by atoms with van der Waals surface area (Å²) in [7, 11) is 0. The number of carbonyl (C=O) groups excluding carboxylic acids is 1. The summed E-state index contributed by atoms with van der Waals surface area (Å²) < 4.78 is 5.15. The van der Waals surface area contributed by atoms with Crippen LogP contribution in [0.3, 0.4) is 0 Å². The summed E-state index contributed by atoms with van der Waals surface area (Å²) in [6.07, 6.45) is 0.739. The van der Waals surface area contributed by atoms with Gasteiger partial charge in [-0.25, -0.2) is 0 Å². The van der Waals surface area contributed by atoms with Crippen LogP contribution in [0.4, 0.5) is 0 Å². The molecule has 0 saturated carbocycles. The first kappa shape index (κ1) is 17.4. The third kappa shape index (κ3) is 3.23. The number of hydrogen-bond acceptors (Lipinski definition) is 4. The van der Waals surface area contributed by atoms with Gasteiger partial charge < -0.3 is 9.42 Å². The molecule has 0 bridgehead atoms. The van der Waals surface area contributed by atoms with Gasteiger partial charge in [0, 0.05) is 35.9 Å². The van der Waals surface area contributed by atoms with E-state index in [1.54, 1.807) is 11.0 Å². The summed E-state index contributed by atoms with van der Waals surface area (Å²) in [4.78, 5) is 14.5. The predicted octanol–water partition coefficient (Wildman–Crippen LogP) is 4.24. The van der Waals surface area contributed by atoms with Gasteiger partial charge >= 0.3 is 0 Å². The molecule has 2 aromatic carbocycles. The maximum Gasteiger partial charge on any atom is 0.292 e. The Labute approximate surface area is 168 Å². The van der Waals surface area contributed by atoms with E-state index in [1.807, 2.05) is 25.1 Å². The third-order valence-electron chi connectivity index (χ3n) is 5.32. The molecule has 0 atom stereocenters. The summed E-state index contributed by atoms with van der Waals surface area (Å²) in [5.41, 5.74) is 7.13. The fraction of sp³-hybridized carbons (Fsp3) is 0.174. The average molecular weight is 384 g/mol. The Hall–Kier alpha value is -3.67. The quantitative estimate of drug-likeness (QED) is 0.573. The van der Waals surface area contributed by atoms with Gasteiger partial charge in [-0.1, -0.05) is 59.8 Å². The van der Waals surface area contributed by atoms with Crippen LogP contribution in [0.5, 0.6) is 0 Å². The highest BCUT2D eigenvalue weighted by Crippen LogP contribution is 2.30. The lowest BCUT2D eigenvalue weighted by Crippen LogP contribution is -2.35. The van der Waals surface area contributed by atoms with E-state index in [0.29, 0.717) is 18.8 Å². The lowest BCUT2D eigenvalue weighted by molar-refractivity contribution is 0.0692. The molecule has 4 aromatic rings. The fourth-order valence-electron chi connectivity index (χ4n) is 3.78. The smallest absolute Gasteiger partial charge is 0.292 e. The Morgan fingerprint density at radius 3 is 2.48 bits per heavy atom. The molecule has 1 aliphatic rings. The van der Waals surface area contributed by atoms with Crippen molar-refractivity contribution in [3.63, 3.8) is 0 Å². The molecule has 2 aromatic heterocycles. The fourth-order valence-corrected chi connectivity index (χ4v) is 3.78. The second kappa shape index (κ2) is 7.05. The molecule has 144 valence electrons. The summed E-state index contributed by atoms with van der Waals surface area (Å²) >= 11 is 0. The number of amides is 1. The van der Waals surface area contributed by atoms with Crippen LogP contribution in [0.15, 0.2) is 65.2 Å². The van der Waals surface area contributed by atoms with Crippen molar-refractivity contribution in [2.24, 2.45) is 0 Å². The highest BCUT2D eigenvalue weighted by Gasteiger charge is 2.28. The van der Waals surface area contributed by atoms with E-state index in [4.69, 9.17) is 4.52 Å². The van der Waals surface area contributed by atoms with Gasteiger partial charge in [0.15, 0.2) is 0 Å². The minimum absolute atomic E-state index is 0.136. The molecule has 0 spiro atoms. The van der Waals surface area contributed by atoms with Gasteiger partial charge in [0.05, 0.1) is 17.9 Å². The number of aryl methyl sites for hydroxylation is 1. The summed E-state index contributed by atoms with van der Waals surface area (Å²) in [5, 5.41) is 11.5. The highest BCUT2D eigenvalue weighted by atomic mass is 16.5. The van der Waals surface area contributed by atoms with Gasteiger partial charge in [-0.05, 0) is 18.1 Å². The van der Waals surface area contributed by atoms with Crippen LogP contribution < -0.4 is 0 Å². The molecule has 0 radical (unpaired) electrons. The number of nitrogens with zero attached hydrogens (tertiary/aromatic N) is 3. The van der Waals surface area contributed by atoms with E-state index in [-0.39, 0.29) is 11.7 Å². The van der Waals surface area contributed by atoms with Crippen LogP contribution >= 0.6 is 0 Å². The van der Waals surface area contributed by atoms with Crippen LogP contribution in [-0.2, 0) is 13.0 Å². The van der Waals surface area contributed by atoms with Gasteiger partial charge in [-0.2, -0.15) is 5.10 Å². The molecule has 3 heterocycles. The maximum atomic E-state index is 12.8. The second-order valence-electron chi connectivity index (χ2n) is 7.28. The van der Waals surface area contributed by atoms with Gasteiger partial charge in [0.2, 0.25) is 5.76 Å². The number of fused-ring (bicyclic) bond motifs is 1.